The van der Waals surface area contributed by atoms with Gasteiger partial charge in [0.25, 0.3) is 0 Å². The number of carbonyl (C=O) groups excluding carboxylic acids is 2. The van der Waals surface area contributed by atoms with Crippen LogP contribution in [0.4, 0.5) is 0 Å². The maximum atomic E-state index is 13.3. The van der Waals surface area contributed by atoms with E-state index < -0.39 is 11.9 Å². The van der Waals surface area contributed by atoms with Crippen LogP contribution in [-0.4, -0.2) is 11.9 Å². The highest BCUT2D eigenvalue weighted by atomic mass is 16.6. The summed E-state index contributed by atoms with van der Waals surface area (Å²) in [5, 5.41) is 0. The van der Waals surface area contributed by atoms with Crippen LogP contribution in [0.2, 0.25) is 0 Å². The minimum absolute atomic E-state index is 0.316. The molecular formula is C31H32O4. The van der Waals surface area contributed by atoms with Crippen molar-refractivity contribution in [2.24, 2.45) is 0 Å². The predicted molar refractivity (Wildman–Crippen MR) is 137 cm³/mol. The van der Waals surface area contributed by atoms with Crippen molar-refractivity contribution in [1.82, 2.24) is 0 Å². The summed E-state index contributed by atoms with van der Waals surface area (Å²) in [5.74, 6) is 0.752. The topological polar surface area (TPSA) is 52.6 Å². The van der Waals surface area contributed by atoms with Crippen LogP contribution in [0.25, 0.3) is 0 Å². The van der Waals surface area contributed by atoms with Crippen LogP contribution in [0.3, 0.4) is 0 Å². The highest BCUT2D eigenvalue weighted by Crippen LogP contribution is 2.55. The molecule has 0 aliphatic heterocycles. The van der Waals surface area contributed by atoms with E-state index in [-0.39, 0.29) is 0 Å². The van der Waals surface area contributed by atoms with Gasteiger partial charge in [-0.05, 0) is 118 Å². The number of aryl methyl sites for hydroxylation is 6. The number of carbonyl (C=O) groups is 2. The summed E-state index contributed by atoms with van der Waals surface area (Å²) in [5.41, 5.74) is 9.25. The number of benzene rings is 3. The van der Waals surface area contributed by atoms with Crippen molar-refractivity contribution < 1.29 is 19.1 Å². The molecule has 0 radical (unpaired) electrons. The van der Waals surface area contributed by atoms with Gasteiger partial charge in [0.15, 0.2) is 11.5 Å². The van der Waals surface area contributed by atoms with Crippen molar-refractivity contribution in [3.05, 3.63) is 92.0 Å². The molecule has 1 fully saturated rings. The van der Waals surface area contributed by atoms with Gasteiger partial charge in [0.1, 0.15) is 0 Å². The summed E-state index contributed by atoms with van der Waals surface area (Å²) >= 11 is 0. The Hall–Kier alpha value is -3.40. The molecule has 4 heteroatoms. The first-order valence-electron chi connectivity index (χ1n) is 12.4. The van der Waals surface area contributed by atoms with Crippen LogP contribution in [-0.2, 0) is 0 Å². The molecule has 5 rings (SSSR count). The number of ether oxygens (including phenoxy) is 2. The fourth-order valence-corrected chi connectivity index (χ4v) is 6.31. The molecule has 2 aliphatic carbocycles. The van der Waals surface area contributed by atoms with Crippen molar-refractivity contribution in [2.75, 3.05) is 0 Å². The molecule has 0 heterocycles. The molecule has 2 bridgehead atoms. The van der Waals surface area contributed by atoms with Crippen molar-refractivity contribution in [2.45, 2.75) is 72.6 Å². The van der Waals surface area contributed by atoms with Gasteiger partial charge in [-0.3, -0.25) is 0 Å². The molecule has 180 valence electrons. The lowest BCUT2D eigenvalue weighted by Crippen LogP contribution is -2.17. The molecule has 0 N–H and O–H groups in total. The minimum atomic E-state index is -0.428. The zero-order chi connectivity index (χ0) is 25.0. The lowest BCUT2D eigenvalue weighted by Gasteiger charge is -2.20. The van der Waals surface area contributed by atoms with E-state index in [2.05, 4.69) is 0 Å². The summed E-state index contributed by atoms with van der Waals surface area (Å²) in [7, 11) is 0. The number of rotatable bonds is 4. The van der Waals surface area contributed by atoms with Crippen LogP contribution in [0, 0.1) is 41.5 Å². The van der Waals surface area contributed by atoms with E-state index in [1.54, 1.807) is 0 Å². The van der Waals surface area contributed by atoms with Gasteiger partial charge in [-0.2, -0.15) is 0 Å². The molecular weight excluding hydrogens is 436 g/mol. The normalized spacial score (nSPS) is 17.9. The molecule has 3 aromatic rings. The van der Waals surface area contributed by atoms with E-state index in [4.69, 9.17) is 9.47 Å². The van der Waals surface area contributed by atoms with Gasteiger partial charge in [0, 0.05) is 0 Å². The smallest absolute Gasteiger partial charge is 0.344 e. The second-order valence-corrected chi connectivity index (χ2v) is 10.5. The van der Waals surface area contributed by atoms with Gasteiger partial charge >= 0.3 is 11.9 Å². The third-order valence-electron chi connectivity index (χ3n) is 7.63. The molecule has 0 saturated heterocycles. The van der Waals surface area contributed by atoms with E-state index in [1.807, 2.05) is 77.9 Å². The monoisotopic (exact) mass is 468 g/mol. The highest BCUT2D eigenvalue weighted by Gasteiger charge is 2.38. The molecule has 35 heavy (non-hydrogen) atoms. The Kier molecular flexibility index (Phi) is 5.79. The second-order valence-electron chi connectivity index (χ2n) is 10.5. The number of hydrogen-bond donors (Lipinski definition) is 0. The molecule has 1 saturated carbocycles. The number of esters is 2. The van der Waals surface area contributed by atoms with Gasteiger partial charge in [-0.15, -0.1) is 0 Å². The predicted octanol–water partition coefficient (Wildman–Crippen LogP) is 7.34. The van der Waals surface area contributed by atoms with E-state index in [9.17, 15) is 9.59 Å². The van der Waals surface area contributed by atoms with E-state index in [0.29, 0.717) is 34.5 Å². The average molecular weight is 469 g/mol. The Bertz CT molecular complexity index is 1230. The van der Waals surface area contributed by atoms with Crippen molar-refractivity contribution in [3.8, 4) is 11.5 Å². The maximum Gasteiger partial charge on any atom is 0.344 e. The van der Waals surface area contributed by atoms with Crippen molar-refractivity contribution >= 4 is 11.9 Å². The lowest BCUT2D eigenvalue weighted by molar-refractivity contribution is 0.0680. The fraction of sp³-hybridized carbons (Fsp3) is 0.355. The highest BCUT2D eigenvalue weighted by molar-refractivity contribution is 5.96. The van der Waals surface area contributed by atoms with Crippen LogP contribution in [0.1, 0.15) is 96.3 Å². The quantitative estimate of drug-likeness (QED) is 0.297. The Labute approximate surface area is 207 Å². The number of fused-ring (bicyclic) bond motifs is 5. The first kappa shape index (κ1) is 23.3. The summed E-state index contributed by atoms with van der Waals surface area (Å²) < 4.78 is 11.9. The zero-order valence-corrected chi connectivity index (χ0v) is 21.4. The van der Waals surface area contributed by atoms with Crippen LogP contribution in [0.5, 0.6) is 11.5 Å². The fourth-order valence-electron chi connectivity index (χ4n) is 6.31. The molecule has 2 unspecified atom stereocenters. The Morgan fingerprint density at radius 2 is 0.943 bits per heavy atom. The van der Waals surface area contributed by atoms with Gasteiger partial charge in [-0.25, -0.2) is 9.59 Å². The first-order valence-corrected chi connectivity index (χ1v) is 12.4. The maximum absolute atomic E-state index is 13.3. The molecule has 2 atom stereocenters. The van der Waals surface area contributed by atoms with Crippen molar-refractivity contribution in [1.29, 1.82) is 0 Å². The Morgan fingerprint density at radius 1 is 0.600 bits per heavy atom. The average Bonchev–Trinajstić information content (AvgIpc) is 3.34. The Morgan fingerprint density at radius 3 is 1.29 bits per heavy atom. The molecule has 3 aromatic carbocycles. The minimum Gasteiger partial charge on any atom is -0.419 e. The molecule has 4 nitrogen and oxygen atoms in total. The summed E-state index contributed by atoms with van der Waals surface area (Å²) in [6.07, 6.45) is 3.43. The lowest BCUT2D eigenvalue weighted by atomic mass is 9.91. The van der Waals surface area contributed by atoms with E-state index in [0.717, 1.165) is 52.6 Å². The molecule has 0 aromatic heterocycles. The van der Waals surface area contributed by atoms with Gasteiger partial charge in [0.05, 0.1) is 11.1 Å². The van der Waals surface area contributed by atoms with Crippen LogP contribution in [0.15, 0.2) is 36.4 Å². The zero-order valence-electron chi connectivity index (χ0n) is 21.4. The second kappa shape index (κ2) is 8.67. The van der Waals surface area contributed by atoms with Crippen molar-refractivity contribution in [3.63, 3.8) is 0 Å². The first-order chi connectivity index (χ1) is 16.6. The van der Waals surface area contributed by atoms with Crippen LogP contribution < -0.4 is 9.47 Å². The standard InChI is InChI=1S/C31H32O4/c1-16-9-18(3)28(19(4)10-16)30(32)34-26-14-24-22-7-8-23(13-22)25(24)15-27(26)35-31(33)29-20(5)11-17(2)12-21(29)6/h9-12,14-15,22-23H,7-8,13H2,1-6H3. The third kappa shape index (κ3) is 4.16. The van der Waals surface area contributed by atoms with Gasteiger partial charge in [-0.1, -0.05) is 35.4 Å². The third-order valence-corrected chi connectivity index (χ3v) is 7.63. The van der Waals surface area contributed by atoms with E-state index in [1.165, 1.54) is 11.1 Å². The molecule has 2 aliphatic rings. The summed E-state index contributed by atoms with van der Waals surface area (Å²) in [6.45, 7) is 11.7. The van der Waals surface area contributed by atoms with E-state index >= 15 is 0 Å². The summed E-state index contributed by atoms with van der Waals surface area (Å²) in [4.78, 5) is 26.6. The Balaban J connectivity index is 1.54. The molecule has 0 amide bonds. The largest absolute Gasteiger partial charge is 0.419 e. The van der Waals surface area contributed by atoms with Gasteiger partial charge < -0.3 is 9.47 Å². The SMILES string of the molecule is Cc1cc(C)c(C(=O)Oc2cc3c(cc2OC(=O)c2c(C)cc(C)cc2C)C2CCC3C2)c(C)c1. The van der Waals surface area contributed by atoms with Gasteiger partial charge in [0.2, 0.25) is 0 Å². The van der Waals surface area contributed by atoms with Crippen LogP contribution >= 0.6 is 0 Å². The number of hydrogen-bond acceptors (Lipinski definition) is 4. The molecule has 0 spiro atoms. The summed E-state index contributed by atoms with van der Waals surface area (Å²) in [6, 6.07) is 11.8.